The van der Waals surface area contributed by atoms with Crippen LogP contribution in [0.2, 0.25) is 0 Å². The molecular weight excluding hydrogens is 318 g/mol. The summed E-state index contributed by atoms with van der Waals surface area (Å²) < 4.78 is 26.7. The first-order valence-corrected chi connectivity index (χ1v) is 9.00. The highest BCUT2D eigenvalue weighted by molar-refractivity contribution is 7.98. The number of hydrogen-bond acceptors (Lipinski definition) is 5. The molecule has 1 heterocycles. The second kappa shape index (κ2) is 5.86. The number of nitrogens with one attached hydrogen (secondary N) is 1. The van der Waals surface area contributed by atoms with E-state index in [1.165, 1.54) is 17.1 Å². The highest BCUT2D eigenvalue weighted by Gasteiger charge is 2.18. The Morgan fingerprint density at radius 1 is 1.35 bits per heavy atom. The lowest BCUT2D eigenvalue weighted by molar-refractivity contribution is 0.0702. The minimum absolute atomic E-state index is 0.0109. The molecule has 8 heteroatoms. The molecule has 0 fully saturated rings. The largest absolute Gasteiger partial charge is 0.477 e. The average Bonchev–Trinajstić information content (AvgIpc) is 2.89. The second-order valence-electron chi connectivity index (χ2n) is 3.79. The number of hydrogen-bond donors (Lipinski definition) is 2. The van der Waals surface area contributed by atoms with Crippen molar-refractivity contribution in [3.63, 3.8) is 0 Å². The summed E-state index contributed by atoms with van der Waals surface area (Å²) in [6, 6.07) is 8.12. The third-order valence-corrected chi connectivity index (χ3v) is 5.57. The number of thioether (sulfide) groups is 1. The Hall–Kier alpha value is -1.51. The van der Waals surface area contributed by atoms with E-state index in [4.69, 9.17) is 5.11 Å². The molecule has 2 aromatic rings. The summed E-state index contributed by atoms with van der Waals surface area (Å²) in [5.74, 6) is -1.14. The van der Waals surface area contributed by atoms with Crippen LogP contribution in [0.3, 0.4) is 0 Å². The Balaban J connectivity index is 2.27. The van der Waals surface area contributed by atoms with Gasteiger partial charge in [-0.2, -0.15) is 0 Å². The summed E-state index contributed by atoms with van der Waals surface area (Å²) in [4.78, 5) is 11.6. The summed E-state index contributed by atoms with van der Waals surface area (Å²) >= 11 is 2.38. The van der Waals surface area contributed by atoms with Crippen LogP contribution in [0.25, 0.3) is 0 Å². The number of carbonyl (C=O) groups is 1. The highest BCUT2D eigenvalue weighted by atomic mass is 32.2. The molecule has 0 saturated heterocycles. The fraction of sp³-hybridized carbons (Fsp3) is 0.0833. The number of thiophene rings is 1. The lowest BCUT2D eigenvalue weighted by Crippen LogP contribution is -2.12. The molecule has 0 atom stereocenters. The van der Waals surface area contributed by atoms with Gasteiger partial charge in [0.05, 0.1) is 4.90 Å². The average molecular weight is 329 g/mol. The molecule has 106 valence electrons. The molecule has 0 saturated carbocycles. The van der Waals surface area contributed by atoms with Gasteiger partial charge in [-0.15, -0.1) is 23.1 Å². The van der Waals surface area contributed by atoms with Crippen LogP contribution in [0.1, 0.15) is 9.67 Å². The summed E-state index contributed by atoms with van der Waals surface area (Å²) in [5, 5.41) is 10.1. The van der Waals surface area contributed by atoms with Crippen LogP contribution in [0, 0.1) is 0 Å². The molecule has 2 rings (SSSR count). The van der Waals surface area contributed by atoms with E-state index in [1.807, 2.05) is 12.3 Å². The van der Waals surface area contributed by atoms with Crippen molar-refractivity contribution in [2.24, 2.45) is 0 Å². The molecule has 0 amide bonds. The zero-order chi connectivity index (χ0) is 14.8. The van der Waals surface area contributed by atoms with Gasteiger partial charge in [0, 0.05) is 16.0 Å². The standard InChI is InChI=1S/C12H11NO4S3/c1-18-9-4-2-3-8(5-9)13-20(16,17)10-6-11(12(14)15)19-7-10/h2-7,13H,1H3,(H,14,15). The van der Waals surface area contributed by atoms with Crippen LogP contribution in [0.4, 0.5) is 5.69 Å². The van der Waals surface area contributed by atoms with Gasteiger partial charge in [0.1, 0.15) is 4.88 Å². The predicted octanol–water partition coefficient (Wildman–Crippen LogP) is 2.97. The number of sulfonamides is 1. The summed E-state index contributed by atoms with van der Waals surface area (Å²) in [7, 11) is -3.76. The van der Waals surface area contributed by atoms with Crippen molar-refractivity contribution >= 4 is 44.8 Å². The van der Waals surface area contributed by atoms with Crippen molar-refractivity contribution in [3.05, 3.63) is 40.6 Å². The maximum Gasteiger partial charge on any atom is 0.345 e. The highest BCUT2D eigenvalue weighted by Crippen LogP contribution is 2.24. The first-order valence-electron chi connectivity index (χ1n) is 5.41. The van der Waals surface area contributed by atoms with Crippen molar-refractivity contribution in [1.29, 1.82) is 0 Å². The smallest absolute Gasteiger partial charge is 0.345 e. The monoisotopic (exact) mass is 329 g/mol. The van der Waals surface area contributed by atoms with Gasteiger partial charge in [0.2, 0.25) is 0 Å². The van der Waals surface area contributed by atoms with Crippen molar-refractivity contribution < 1.29 is 18.3 Å². The van der Waals surface area contributed by atoms with Crippen LogP contribution in [-0.4, -0.2) is 25.7 Å². The van der Waals surface area contributed by atoms with Crippen LogP contribution in [-0.2, 0) is 10.0 Å². The van der Waals surface area contributed by atoms with E-state index in [9.17, 15) is 13.2 Å². The fourth-order valence-electron chi connectivity index (χ4n) is 1.47. The first-order chi connectivity index (χ1) is 9.42. The van der Waals surface area contributed by atoms with Crippen LogP contribution >= 0.6 is 23.1 Å². The maximum absolute atomic E-state index is 12.1. The van der Waals surface area contributed by atoms with E-state index in [2.05, 4.69) is 4.72 Å². The number of aromatic carboxylic acids is 1. The van der Waals surface area contributed by atoms with E-state index in [1.54, 1.807) is 18.2 Å². The lowest BCUT2D eigenvalue weighted by Gasteiger charge is -2.07. The van der Waals surface area contributed by atoms with E-state index in [-0.39, 0.29) is 9.77 Å². The third-order valence-electron chi connectivity index (χ3n) is 2.42. The van der Waals surface area contributed by atoms with Gasteiger partial charge in [0.25, 0.3) is 10.0 Å². The van der Waals surface area contributed by atoms with Gasteiger partial charge in [-0.1, -0.05) is 6.07 Å². The van der Waals surface area contributed by atoms with Crippen molar-refractivity contribution in [2.75, 3.05) is 11.0 Å². The SMILES string of the molecule is CSc1cccc(NS(=O)(=O)c2csc(C(=O)O)c2)c1. The molecule has 0 radical (unpaired) electrons. The minimum atomic E-state index is -3.76. The molecule has 2 N–H and O–H groups in total. The number of benzene rings is 1. The zero-order valence-corrected chi connectivity index (χ0v) is 12.8. The summed E-state index contributed by atoms with van der Waals surface area (Å²) in [6.07, 6.45) is 1.89. The Labute approximate surface area is 124 Å². The van der Waals surface area contributed by atoms with Gasteiger partial charge >= 0.3 is 5.97 Å². The van der Waals surface area contributed by atoms with Gasteiger partial charge in [0.15, 0.2) is 0 Å². The van der Waals surface area contributed by atoms with Crippen LogP contribution in [0.15, 0.2) is 45.5 Å². The lowest BCUT2D eigenvalue weighted by atomic mass is 10.3. The van der Waals surface area contributed by atoms with Crippen LogP contribution < -0.4 is 4.72 Å². The molecule has 0 aliphatic rings. The number of rotatable bonds is 5. The topological polar surface area (TPSA) is 83.5 Å². The quantitative estimate of drug-likeness (QED) is 0.824. The number of carboxylic acids is 1. The summed E-state index contributed by atoms with van der Waals surface area (Å²) in [6.45, 7) is 0. The first kappa shape index (κ1) is 14.9. The van der Waals surface area contributed by atoms with Gasteiger partial charge < -0.3 is 5.11 Å². The van der Waals surface area contributed by atoms with Crippen molar-refractivity contribution in [2.45, 2.75) is 9.79 Å². The maximum atomic E-state index is 12.1. The predicted molar refractivity (Wildman–Crippen MR) is 80.3 cm³/mol. The molecule has 0 spiro atoms. The number of carboxylic acid groups (broad SMARTS) is 1. The van der Waals surface area contributed by atoms with E-state index in [0.717, 1.165) is 22.3 Å². The van der Waals surface area contributed by atoms with Crippen LogP contribution in [0.5, 0.6) is 0 Å². The van der Waals surface area contributed by atoms with E-state index >= 15 is 0 Å². The molecular formula is C12H11NO4S3. The molecule has 1 aromatic carbocycles. The fourth-order valence-corrected chi connectivity index (χ4v) is 4.09. The molecule has 0 aliphatic carbocycles. The molecule has 0 unspecified atom stereocenters. The van der Waals surface area contributed by atoms with Crippen molar-refractivity contribution in [1.82, 2.24) is 0 Å². The number of anilines is 1. The third kappa shape index (κ3) is 3.33. The van der Waals surface area contributed by atoms with Crippen molar-refractivity contribution in [3.8, 4) is 0 Å². The molecule has 5 nitrogen and oxygen atoms in total. The molecule has 0 aliphatic heterocycles. The Morgan fingerprint density at radius 2 is 2.10 bits per heavy atom. The molecule has 1 aromatic heterocycles. The molecule has 0 bridgehead atoms. The minimum Gasteiger partial charge on any atom is -0.477 e. The van der Waals surface area contributed by atoms with E-state index in [0.29, 0.717) is 5.69 Å². The van der Waals surface area contributed by atoms with Gasteiger partial charge in [-0.05, 0) is 30.5 Å². The molecule has 20 heavy (non-hydrogen) atoms. The Morgan fingerprint density at radius 3 is 2.70 bits per heavy atom. The second-order valence-corrected chi connectivity index (χ2v) is 7.26. The Kier molecular flexibility index (Phi) is 4.36. The van der Waals surface area contributed by atoms with Gasteiger partial charge in [-0.25, -0.2) is 13.2 Å². The van der Waals surface area contributed by atoms with Gasteiger partial charge in [-0.3, -0.25) is 4.72 Å². The summed E-state index contributed by atoms with van der Waals surface area (Å²) in [5.41, 5.74) is 0.444. The van der Waals surface area contributed by atoms with E-state index < -0.39 is 16.0 Å². The zero-order valence-electron chi connectivity index (χ0n) is 10.4. The Bertz CT molecular complexity index is 737. The normalized spacial score (nSPS) is 11.2.